The number of aromatic nitrogens is 3. The van der Waals surface area contributed by atoms with E-state index in [2.05, 4.69) is 15.2 Å². The summed E-state index contributed by atoms with van der Waals surface area (Å²) in [6.07, 6.45) is 4.85. The molecule has 0 amide bonds. The van der Waals surface area contributed by atoms with E-state index in [1.165, 1.54) is 31.7 Å². The third kappa shape index (κ3) is 1.92. The summed E-state index contributed by atoms with van der Waals surface area (Å²) >= 11 is 0. The van der Waals surface area contributed by atoms with Crippen LogP contribution in [0, 0.1) is 0 Å². The van der Waals surface area contributed by atoms with E-state index in [0.717, 1.165) is 5.82 Å². The van der Waals surface area contributed by atoms with Crippen LogP contribution in [0.2, 0.25) is 0 Å². The number of phenolic OH excluding ortho intramolecular Hbond substituents is 1. The summed E-state index contributed by atoms with van der Waals surface area (Å²) in [6.45, 7) is 0. The normalized spacial score (nSPS) is 16.2. The smallest absolute Gasteiger partial charge is 0.184 e. The molecule has 0 radical (unpaired) electrons. The average molecular weight is 244 g/mol. The van der Waals surface area contributed by atoms with Gasteiger partial charge in [-0.25, -0.2) is 4.98 Å². The Labute approximate surface area is 105 Å². The van der Waals surface area contributed by atoms with Crippen LogP contribution in [0.5, 0.6) is 5.75 Å². The molecule has 0 saturated heterocycles. The standard InChI is InChI=1S/C13H16N4O/c14-9-5-6-10(11(18)7-9)13-15-12(16-17-13)8-3-1-2-4-8/h5-8,18H,1-4,14H2,(H,15,16,17). The number of rotatable bonds is 2. The molecule has 0 unspecified atom stereocenters. The summed E-state index contributed by atoms with van der Waals surface area (Å²) in [5, 5.41) is 17.0. The molecule has 1 aromatic carbocycles. The zero-order valence-corrected chi connectivity index (χ0v) is 10.1. The van der Waals surface area contributed by atoms with Crippen molar-refractivity contribution in [2.45, 2.75) is 31.6 Å². The SMILES string of the molecule is Nc1ccc(-c2n[nH]c(C3CCCC3)n2)c(O)c1. The molecule has 4 N–H and O–H groups in total. The third-order valence-electron chi connectivity index (χ3n) is 3.51. The molecule has 0 bridgehead atoms. The number of hydrogen-bond acceptors (Lipinski definition) is 4. The summed E-state index contributed by atoms with van der Waals surface area (Å²) in [5.41, 5.74) is 6.75. The topological polar surface area (TPSA) is 87.8 Å². The van der Waals surface area contributed by atoms with Crippen molar-refractivity contribution in [2.24, 2.45) is 0 Å². The molecule has 1 aromatic heterocycles. The number of phenols is 1. The molecule has 1 fully saturated rings. The Morgan fingerprint density at radius 1 is 1.28 bits per heavy atom. The molecule has 5 heteroatoms. The average Bonchev–Trinajstić information content (AvgIpc) is 2.99. The number of nitrogens with one attached hydrogen (secondary N) is 1. The molecule has 2 aromatic rings. The van der Waals surface area contributed by atoms with Gasteiger partial charge in [0.2, 0.25) is 0 Å². The van der Waals surface area contributed by atoms with Crippen LogP contribution in [0.25, 0.3) is 11.4 Å². The van der Waals surface area contributed by atoms with Gasteiger partial charge >= 0.3 is 0 Å². The summed E-state index contributed by atoms with van der Waals surface area (Å²) < 4.78 is 0. The second-order valence-electron chi connectivity index (χ2n) is 4.80. The minimum absolute atomic E-state index is 0.118. The van der Waals surface area contributed by atoms with Gasteiger partial charge in [-0.1, -0.05) is 12.8 Å². The van der Waals surface area contributed by atoms with Crippen molar-refractivity contribution in [2.75, 3.05) is 5.73 Å². The Morgan fingerprint density at radius 3 is 2.78 bits per heavy atom. The fourth-order valence-corrected chi connectivity index (χ4v) is 2.51. The fraction of sp³-hybridized carbons (Fsp3) is 0.385. The zero-order chi connectivity index (χ0) is 12.5. The third-order valence-corrected chi connectivity index (χ3v) is 3.51. The molecule has 0 atom stereocenters. The number of nitrogen functional groups attached to an aromatic ring is 1. The highest BCUT2D eigenvalue weighted by Gasteiger charge is 2.21. The number of benzene rings is 1. The lowest BCUT2D eigenvalue weighted by Gasteiger charge is -2.03. The quantitative estimate of drug-likeness (QED) is 0.708. The predicted octanol–water partition coefficient (Wildman–Crippen LogP) is 2.42. The molecule has 5 nitrogen and oxygen atoms in total. The van der Waals surface area contributed by atoms with Crippen LogP contribution < -0.4 is 5.73 Å². The highest BCUT2D eigenvalue weighted by atomic mass is 16.3. The van der Waals surface area contributed by atoms with Gasteiger partial charge in [0, 0.05) is 17.7 Å². The van der Waals surface area contributed by atoms with E-state index in [-0.39, 0.29) is 5.75 Å². The number of hydrogen-bond donors (Lipinski definition) is 3. The molecule has 0 spiro atoms. The summed E-state index contributed by atoms with van der Waals surface area (Å²) in [5.74, 6) is 2.07. The summed E-state index contributed by atoms with van der Waals surface area (Å²) in [4.78, 5) is 4.49. The Hall–Kier alpha value is -2.04. The lowest BCUT2D eigenvalue weighted by atomic mass is 10.1. The van der Waals surface area contributed by atoms with Crippen molar-refractivity contribution in [3.63, 3.8) is 0 Å². The molecule has 1 aliphatic carbocycles. The molecular weight excluding hydrogens is 228 g/mol. The predicted molar refractivity (Wildman–Crippen MR) is 69.1 cm³/mol. The molecule has 3 rings (SSSR count). The maximum atomic E-state index is 9.85. The number of aromatic amines is 1. The number of H-pyrrole nitrogens is 1. The van der Waals surface area contributed by atoms with E-state index in [4.69, 9.17) is 5.73 Å². The van der Waals surface area contributed by atoms with Gasteiger partial charge in [-0.15, -0.1) is 0 Å². The summed E-state index contributed by atoms with van der Waals surface area (Å²) in [7, 11) is 0. The largest absolute Gasteiger partial charge is 0.507 e. The van der Waals surface area contributed by atoms with Gasteiger partial charge in [-0.05, 0) is 25.0 Å². The van der Waals surface area contributed by atoms with E-state index in [9.17, 15) is 5.11 Å². The van der Waals surface area contributed by atoms with E-state index < -0.39 is 0 Å². The van der Waals surface area contributed by atoms with Crippen molar-refractivity contribution in [3.8, 4) is 17.1 Å². The number of aromatic hydroxyl groups is 1. The Bertz CT molecular complexity index is 558. The lowest BCUT2D eigenvalue weighted by molar-refractivity contribution is 0.477. The van der Waals surface area contributed by atoms with Crippen LogP contribution >= 0.6 is 0 Å². The highest BCUT2D eigenvalue weighted by Crippen LogP contribution is 2.34. The summed E-state index contributed by atoms with van der Waals surface area (Å²) in [6, 6.07) is 4.99. The first-order valence-corrected chi connectivity index (χ1v) is 6.25. The van der Waals surface area contributed by atoms with E-state index in [0.29, 0.717) is 23.0 Å². The Balaban J connectivity index is 1.92. The van der Waals surface area contributed by atoms with Gasteiger partial charge in [0.15, 0.2) is 5.82 Å². The van der Waals surface area contributed by atoms with E-state index in [1.54, 1.807) is 12.1 Å². The van der Waals surface area contributed by atoms with Gasteiger partial charge in [-0.3, -0.25) is 5.10 Å². The lowest BCUT2D eigenvalue weighted by Crippen LogP contribution is -1.94. The number of nitrogens with two attached hydrogens (primary N) is 1. The Kier molecular flexibility index (Phi) is 2.66. The first-order chi connectivity index (χ1) is 8.74. The molecule has 1 heterocycles. The van der Waals surface area contributed by atoms with Gasteiger partial charge in [0.1, 0.15) is 11.6 Å². The molecule has 0 aliphatic heterocycles. The van der Waals surface area contributed by atoms with Crippen molar-refractivity contribution >= 4 is 5.69 Å². The van der Waals surface area contributed by atoms with Crippen molar-refractivity contribution in [1.82, 2.24) is 15.2 Å². The van der Waals surface area contributed by atoms with Crippen LogP contribution in [-0.4, -0.2) is 20.3 Å². The number of anilines is 1. The molecule has 1 aliphatic rings. The molecule has 1 saturated carbocycles. The van der Waals surface area contributed by atoms with Crippen molar-refractivity contribution in [1.29, 1.82) is 0 Å². The van der Waals surface area contributed by atoms with Crippen molar-refractivity contribution in [3.05, 3.63) is 24.0 Å². The maximum Gasteiger partial charge on any atom is 0.184 e. The Morgan fingerprint density at radius 2 is 2.06 bits per heavy atom. The molecular formula is C13H16N4O. The van der Waals surface area contributed by atoms with E-state index >= 15 is 0 Å². The minimum Gasteiger partial charge on any atom is -0.507 e. The maximum absolute atomic E-state index is 9.85. The number of nitrogens with zero attached hydrogens (tertiary/aromatic N) is 2. The van der Waals surface area contributed by atoms with Crippen molar-refractivity contribution < 1.29 is 5.11 Å². The minimum atomic E-state index is 0.118. The van der Waals surface area contributed by atoms with Crippen LogP contribution in [0.3, 0.4) is 0 Å². The van der Waals surface area contributed by atoms with Gasteiger partial charge in [0.05, 0.1) is 5.56 Å². The highest BCUT2D eigenvalue weighted by molar-refractivity contribution is 5.67. The zero-order valence-electron chi connectivity index (χ0n) is 10.1. The van der Waals surface area contributed by atoms with E-state index in [1.807, 2.05) is 0 Å². The first-order valence-electron chi connectivity index (χ1n) is 6.25. The molecule has 18 heavy (non-hydrogen) atoms. The monoisotopic (exact) mass is 244 g/mol. The van der Waals surface area contributed by atoms with Gasteiger partial charge in [0.25, 0.3) is 0 Å². The van der Waals surface area contributed by atoms with Crippen LogP contribution in [0.4, 0.5) is 5.69 Å². The van der Waals surface area contributed by atoms with Crippen LogP contribution in [-0.2, 0) is 0 Å². The second kappa shape index (κ2) is 4.33. The van der Waals surface area contributed by atoms with Crippen LogP contribution in [0.15, 0.2) is 18.2 Å². The van der Waals surface area contributed by atoms with Gasteiger partial charge < -0.3 is 10.8 Å². The second-order valence-corrected chi connectivity index (χ2v) is 4.80. The first kappa shape index (κ1) is 11.1. The van der Waals surface area contributed by atoms with Gasteiger partial charge in [-0.2, -0.15) is 5.10 Å². The van der Waals surface area contributed by atoms with Crippen LogP contribution in [0.1, 0.15) is 37.4 Å². The molecule has 94 valence electrons. The fourth-order valence-electron chi connectivity index (χ4n) is 2.51.